The van der Waals surface area contributed by atoms with Crippen molar-refractivity contribution in [1.82, 2.24) is 0 Å². The lowest BCUT2D eigenvalue weighted by atomic mass is 10.2. The third-order valence-electron chi connectivity index (χ3n) is 2.67. The molecule has 0 atom stereocenters. The van der Waals surface area contributed by atoms with Gasteiger partial charge >= 0.3 is 10.1 Å². The molecule has 9 heteroatoms. The van der Waals surface area contributed by atoms with Gasteiger partial charge in [-0.15, -0.1) is 0 Å². The first-order chi connectivity index (χ1) is 10.1. The molecule has 0 aromatic heterocycles. The molecule has 0 aliphatic rings. The van der Waals surface area contributed by atoms with Crippen LogP contribution in [0.4, 0.5) is 0 Å². The summed E-state index contributed by atoms with van der Waals surface area (Å²) in [5, 5.41) is -0.856. The van der Waals surface area contributed by atoms with Gasteiger partial charge in [0.15, 0.2) is 5.75 Å². The Morgan fingerprint density at radius 3 is 1.64 bits per heavy atom. The van der Waals surface area contributed by atoms with Gasteiger partial charge in [-0.1, -0.05) is 75.7 Å². The molecule has 118 valence electrons. The smallest absolute Gasteiger partial charge is 0.339 e. The second-order valence-electron chi connectivity index (χ2n) is 4.25. The number of hydrogen-bond acceptors (Lipinski definition) is 3. The van der Waals surface area contributed by atoms with Crippen molar-refractivity contribution < 1.29 is 12.6 Å². The number of aryl methyl sites for hydroxylation is 1. The van der Waals surface area contributed by atoms with Crippen LogP contribution in [-0.2, 0) is 10.1 Å². The van der Waals surface area contributed by atoms with E-state index in [1.807, 2.05) is 6.92 Å². The van der Waals surface area contributed by atoms with E-state index in [-0.39, 0.29) is 35.8 Å². The molecule has 0 saturated carbocycles. The molecule has 0 amide bonds. The molecule has 0 heterocycles. The first kappa shape index (κ1) is 18.0. The van der Waals surface area contributed by atoms with Crippen LogP contribution < -0.4 is 4.18 Å². The molecule has 2 aromatic carbocycles. The first-order valence-electron chi connectivity index (χ1n) is 5.67. The minimum absolute atomic E-state index is 0.0626. The van der Waals surface area contributed by atoms with Gasteiger partial charge in [0, 0.05) is 0 Å². The fourth-order valence-corrected chi connectivity index (χ4v) is 3.76. The Hall–Kier alpha value is -0.360. The summed E-state index contributed by atoms with van der Waals surface area (Å²) < 4.78 is 29.5. The van der Waals surface area contributed by atoms with Crippen molar-refractivity contribution in [3.8, 4) is 5.75 Å². The average Bonchev–Trinajstić information content (AvgIpc) is 2.48. The van der Waals surface area contributed by atoms with Crippen LogP contribution in [0.25, 0.3) is 0 Å². The predicted molar refractivity (Wildman–Crippen MR) is 90.5 cm³/mol. The Morgan fingerprint density at radius 1 is 0.773 bits per heavy atom. The summed E-state index contributed by atoms with van der Waals surface area (Å²) in [6.07, 6.45) is 0. The SMILES string of the molecule is Cc1ccc(S(=O)(=O)Oc2c(Cl)c(Cl)c(Cl)c(Cl)c2Cl)cc1. The summed E-state index contributed by atoms with van der Waals surface area (Å²) in [6.45, 7) is 1.82. The maximum absolute atomic E-state index is 12.3. The van der Waals surface area contributed by atoms with Crippen molar-refractivity contribution >= 4 is 68.1 Å². The number of rotatable bonds is 3. The Balaban J connectivity index is 2.53. The average molecular weight is 421 g/mol. The van der Waals surface area contributed by atoms with Gasteiger partial charge in [-0.25, -0.2) is 0 Å². The van der Waals surface area contributed by atoms with Crippen molar-refractivity contribution in [2.24, 2.45) is 0 Å². The van der Waals surface area contributed by atoms with E-state index in [9.17, 15) is 8.42 Å². The van der Waals surface area contributed by atoms with Gasteiger partial charge in [0.2, 0.25) is 0 Å². The van der Waals surface area contributed by atoms with Crippen molar-refractivity contribution in [3.63, 3.8) is 0 Å². The lowest BCUT2D eigenvalue weighted by Gasteiger charge is -2.13. The van der Waals surface area contributed by atoms with E-state index >= 15 is 0 Å². The van der Waals surface area contributed by atoms with Gasteiger partial charge in [-0.2, -0.15) is 8.42 Å². The molecular formula is C13H7Cl5O3S. The van der Waals surface area contributed by atoms with E-state index in [2.05, 4.69) is 0 Å². The molecule has 22 heavy (non-hydrogen) atoms. The number of hydrogen-bond donors (Lipinski definition) is 0. The topological polar surface area (TPSA) is 43.4 Å². The highest BCUT2D eigenvalue weighted by Gasteiger charge is 2.26. The van der Waals surface area contributed by atoms with Gasteiger partial charge in [0.1, 0.15) is 14.9 Å². The monoisotopic (exact) mass is 418 g/mol. The molecular weight excluding hydrogens is 413 g/mol. The molecule has 0 aliphatic heterocycles. The zero-order valence-electron chi connectivity index (χ0n) is 10.8. The van der Waals surface area contributed by atoms with Crippen LogP contribution in [0, 0.1) is 6.92 Å². The van der Waals surface area contributed by atoms with Crippen LogP contribution in [0.5, 0.6) is 5.75 Å². The van der Waals surface area contributed by atoms with Crippen LogP contribution in [0.2, 0.25) is 25.1 Å². The number of benzene rings is 2. The van der Waals surface area contributed by atoms with Gasteiger partial charge < -0.3 is 4.18 Å². The largest absolute Gasteiger partial charge is 0.376 e. The van der Waals surface area contributed by atoms with E-state index in [4.69, 9.17) is 62.2 Å². The molecule has 2 rings (SSSR count). The van der Waals surface area contributed by atoms with Crippen molar-refractivity contribution in [1.29, 1.82) is 0 Å². The fourth-order valence-electron chi connectivity index (χ4n) is 1.52. The molecule has 0 N–H and O–H groups in total. The minimum atomic E-state index is -4.15. The molecule has 2 aromatic rings. The Labute approximate surface area is 152 Å². The van der Waals surface area contributed by atoms with E-state index in [1.54, 1.807) is 12.1 Å². The molecule has 0 fully saturated rings. The van der Waals surface area contributed by atoms with Crippen molar-refractivity contribution in [2.75, 3.05) is 0 Å². The highest BCUT2D eigenvalue weighted by atomic mass is 35.5. The Morgan fingerprint density at radius 2 is 1.18 bits per heavy atom. The predicted octanol–water partition coefficient (Wildman–Crippen LogP) is 6.03. The zero-order chi connectivity index (χ0) is 16.7. The standard InChI is InChI=1S/C13H7Cl5O3S/c1-6-2-4-7(5-3-6)22(19,20)21-13-11(17)9(15)8(14)10(16)12(13)18/h2-5H,1H3. The first-order valence-corrected chi connectivity index (χ1v) is 8.97. The zero-order valence-corrected chi connectivity index (χ0v) is 15.4. The van der Waals surface area contributed by atoms with Crippen LogP contribution in [0.15, 0.2) is 29.2 Å². The Bertz CT molecular complexity index is 803. The van der Waals surface area contributed by atoms with E-state index in [0.717, 1.165) is 5.56 Å². The molecule has 0 aliphatic carbocycles. The van der Waals surface area contributed by atoms with Crippen LogP contribution in [0.3, 0.4) is 0 Å². The van der Waals surface area contributed by atoms with Crippen LogP contribution in [-0.4, -0.2) is 8.42 Å². The van der Waals surface area contributed by atoms with E-state index in [1.165, 1.54) is 12.1 Å². The summed E-state index contributed by atoms with van der Waals surface area (Å²) in [4.78, 5) is -0.0626. The number of halogens is 5. The lowest BCUT2D eigenvalue weighted by molar-refractivity contribution is 0.486. The summed E-state index contributed by atoms with van der Waals surface area (Å²) in [5.41, 5.74) is 0.896. The highest BCUT2D eigenvalue weighted by Crippen LogP contribution is 2.48. The molecule has 0 radical (unpaired) electrons. The summed E-state index contributed by atoms with van der Waals surface area (Å²) in [5.74, 6) is -0.372. The van der Waals surface area contributed by atoms with Gasteiger partial charge in [0.25, 0.3) is 0 Å². The third-order valence-corrected chi connectivity index (χ3v) is 6.15. The van der Waals surface area contributed by atoms with Crippen molar-refractivity contribution in [3.05, 3.63) is 54.9 Å². The van der Waals surface area contributed by atoms with E-state index < -0.39 is 10.1 Å². The second-order valence-corrected chi connectivity index (χ2v) is 7.69. The second kappa shape index (κ2) is 6.63. The van der Waals surface area contributed by atoms with Gasteiger partial charge in [-0.3, -0.25) is 0 Å². The molecule has 0 bridgehead atoms. The fraction of sp³-hybridized carbons (Fsp3) is 0.0769. The normalized spacial score (nSPS) is 11.5. The molecule has 0 unspecified atom stereocenters. The molecule has 0 spiro atoms. The molecule has 3 nitrogen and oxygen atoms in total. The highest BCUT2D eigenvalue weighted by molar-refractivity contribution is 7.87. The van der Waals surface area contributed by atoms with Gasteiger partial charge in [-0.05, 0) is 19.1 Å². The van der Waals surface area contributed by atoms with E-state index in [0.29, 0.717) is 0 Å². The third kappa shape index (κ3) is 3.42. The minimum Gasteiger partial charge on any atom is -0.376 e. The van der Waals surface area contributed by atoms with Crippen LogP contribution in [0.1, 0.15) is 5.56 Å². The van der Waals surface area contributed by atoms with Crippen molar-refractivity contribution in [2.45, 2.75) is 11.8 Å². The summed E-state index contributed by atoms with van der Waals surface area (Å²) in [6, 6.07) is 6.04. The maximum atomic E-state index is 12.3. The summed E-state index contributed by atoms with van der Waals surface area (Å²) in [7, 11) is -4.15. The van der Waals surface area contributed by atoms with Gasteiger partial charge in [0.05, 0.1) is 15.1 Å². The lowest BCUT2D eigenvalue weighted by Crippen LogP contribution is -2.10. The quantitative estimate of drug-likeness (QED) is 0.346. The Kier molecular flexibility index (Phi) is 5.42. The molecule has 0 saturated heterocycles. The summed E-state index contributed by atoms with van der Waals surface area (Å²) >= 11 is 29.5. The van der Waals surface area contributed by atoms with Crippen LogP contribution >= 0.6 is 58.0 Å². The maximum Gasteiger partial charge on any atom is 0.339 e.